The molecule has 0 aliphatic rings. The van der Waals surface area contributed by atoms with Crippen LogP contribution in [-0.2, 0) is 11.2 Å². The summed E-state index contributed by atoms with van der Waals surface area (Å²) in [5, 5.41) is 2.99. The first-order chi connectivity index (χ1) is 10.4. The average molecular weight is 378 g/mol. The highest BCUT2D eigenvalue weighted by molar-refractivity contribution is 5.85. The first-order valence-corrected chi connectivity index (χ1v) is 7.37. The number of furan rings is 1. The minimum atomic E-state index is -0.432. The zero-order valence-corrected chi connectivity index (χ0v) is 15.9. The second kappa shape index (κ2) is 9.11. The van der Waals surface area contributed by atoms with E-state index in [0.717, 1.165) is 0 Å². The summed E-state index contributed by atoms with van der Waals surface area (Å²) < 4.78 is 10.8. The minimum absolute atomic E-state index is 0. The number of nitrogens with two attached hydrogens (primary N) is 1. The van der Waals surface area contributed by atoms with Gasteiger partial charge in [-0.3, -0.25) is 4.79 Å². The zero-order valence-electron chi connectivity index (χ0n) is 14.3. The van der Waals surface area contributed by atoms with Crippen molar-refractivity contribution in [2.24, 2.45) is 11.7 Å². The molecule has 8 heteroatoms. The zero-order chi connectivity index (χ0) is 16.3. The van der Waals surface area contributed by atoms with E-state index in [0.29, 0.717) is 29.6 Å². The fourth-order valence-corrected chi connectivity index (χ4v) is 2.04. The lowest BCUT2D eigenvalue weighted by atomic mass is 9.88. The van der Waals surface area contributed by atoms with Crippen LogP contribution in [0.3, 0.4) is 0 Å². The van der Waals surface area contributed by atoms with Gasteiger partial charge in [-0.2, -0.15) is 0 Å². The van der Waals surface area contributed by atoms with Crippen molar-refractivity contribution < 1.29 is 13.6 Å². The Labute approximate surface area is 154 Å². The summed E-state index contributed by atoms with van der Waals surface area (Å²) in [6.45, 7) is 8.17. The van der Waals surface area contributed by atoms with Crippen molar-refractivity contribution in [3.8, 4) is 11.7 Å². The third-order valence-electron chi connectivity index (χ3n) is 4.08. The van der Waals surface area contributed by atoms with Crippen LogP contribution in [-0.4, -0.2) is 23.0 Å². The Bertz CT molecular complexity index is 641. The Morgan fingerprint density at radius 3 is 2.58 bits per heavy atom. The summed E-state index contributed by atoms with van der Waals surface area (Å²) in [5.74, 6) is 1.66. The maximum atomic E-state index is 12.3. The number of hydrogen-bond donors (Lipinski definition) is 2. The molecule has 3 N–H and O–H groups in total. The molecule has 136 valence electrons. The van der Waals surface area contributed by atoms with Gasteiger partial charge in [0.15, 0.2) is 5.76 Å². The highest BCUT2D eigenvalue weighted by Gasteiger charge is 2.29. The van der Waals surface area contributed by atoms with Gasteiger partial charge in [-0.05, 0) is 31.9 Å². The molecule has 6 nitrogen and oxygen atoms in total. The summed E-state index contributed by atoms with van der Waals surface area (Å²) in [6, 6.07) is 3.52. The Morgan fingerprint density at radius 1 is 1.42 bits per heavy atom. The molecule has 0 aliphatic carbocycles. The lowest BCUT2D eigenvalue weighted by Crippen LogP contribution is -2.55. The quantitative estimate of drug-likeness (QED) is 0.806. The average Bonchev–Trinajstić information content (AvgIpc) is 3.09. The van der Waals surface area contributed by atoms with E-state index in [2.05, 4.69) is 10.3 Å². The van der Waals surface area contributed by atoms with Gasteiger partial charge in [0.05, 0.1) is 23.9 Å². The molecule has 24 heavy (non-hydrogen) atoms. The fraction of sp³-hybridized carbons (Fsp3) is 0.500. The lowest BCUT2D eigenvalue weighted by molar-refractivity contribution is -0.122. The van der Waals surface area contributed by atoms with Crippen molar-refractivity contribution >= 4 is 30.7 Å². The van der Waals surface area contributed by atoms with Gasteiger partial charge < -0.3 is 19.9 Å². The highest BCUT2D eigenvalue weighted by atomic mass is 35.5. The number of nitrogens with one attached hydrogen (secondary N) is 1. The van der Waals surface area contributed by atoms with Crippen LogP contribution >= 0.6 is 24.8 Å². The Balaban J connectivity index is 0.00000264. The van der Waals surface area contributed by atoms with Gasteiger partial charge in [-0.15, -0.1) is 24.8 Å². The van der Waals surface area contributed by atoms with Gasteiger partial charge in [0.25, 0.3) is 5.89 Å². The number of oxazole rings is 1. The lowest BCUT2D eigenvalue weighted by Gasteiger charge is -2.33. The molecule has 1 unspecified atom stereocenters. The van der Waals surface area contributed by atoms with Crippen molar-refractivity contribution in [1.29, 1.82) is 0 Å². The van der Waals surface area contributed by atoms with Gasteiger partial charge in [-0.25, -0.2) is 4.98 Å². The number of nitrogens with zero attached hydrogens (tertiary/aromatic N) is 1. The normalized spacial score (nSPS) is 12.9. The van der Waals surface area contributed by atoms with E-state index in [-0.39, 0.29) is 43.1 Å². The van der Waals surface area contributed by atoms with Crippen LogP contribution in [0.4, 0.5) is 0 Å². The molecule has 0 fully saturated rings. The van der Waals surface area contributed by atoms with Gasteiger partial charge >= 0.3 is 0 Å². The molecule has 0 aliphatic heterocycles. The molecule has 2 aromatic rings. The smallest absolute Gasteiger partial charge is 0.263 e. The van der Waals surface area contributed by atoms with E-state index in [1.54, 1.807) is 25.3 Å². The molecule has 0 bridgehead atoms. The summed E-state index contributed by atoms with van der Waals surface area (Å²) in [4.78, 5) is 16.6. The molecule has 2 rings (SSSR count). The van der Waals surface area contributed by atoms with Gasteiger partial charge in [0.1, 0.15) is 5.76 Å². The van der Waals surface area contributed by atoms with Crippen LogP contribution < -0.4 is 11.1 Å². The third-order valence-corrected chi connectivity index (χ3v) is 4.08. The number of amides is 1. The molecule has 0 spiro atoms. The monoisotopic (exact) mass is 377 g/mol. The van der Waals surface area contributed by atoms with Gasteiger partial charge in [0, 0.05) is 6.54 Å². The van der Waals surface area contributed by atoms with Crippen LogP contribution in [0.5, 0.6) is 0 Å². The molecular weight excluding hydrogens is 353 g/mol. The summed E-state index contributed by atoms with van der Waals surface area (Å²) >= 11 is 0. The van der Waals surface area contributed by atoms with Gasteiger partial charge in [0.2, 0.25) is 5.91 Å². The largest absolute Gasteiger partial charge is 0.459 e. The number of carbonyl (C=O) groups excluding carboxylic acids is 1. The maximum Gasteiger partial charge on any atom is 0.263 e. The fourth-order valence-electron chi connectivity index (χ4n) is 2.04. The van der Waals surface area contributed by atoms with E-state index >= 15 is 0 Å². The highest BCUT2D eigenvalue weighted by Crippen LogP contribution is 2.22. The van der Waals surface area contributed by atoms with Crippen molar-refractivity contribution in [2.75, 3.05) is 6.54 Å². The Hall–Kier alpha value is -1.50. The van der Waals surface area contributed by atoms with Crippen LogP contribution in [0, 0.1) is 12.8 Å². The molecule has 0 aromatic carbocycles. The number of aromatic nitrogens is 1. The predicted octanol–water partition coefficient (Wildman–Crippen LogP) is 3.12. The molecule has 0 saturated carbocycles. The van der Waals surface area contributed by atoms with Crippen molar-refractivity contribution in [3.05, 3.63) is 29.9 Å². The third kappa shape index (κ3) is 5.00. The SMILES string of the molecule is Cc1oc(-c2ccco2)nc1CC(=O)NC(C)(CN)C(C)C.Cl.Cl. The van der Waals surface area contributed by atoms with E-state index in [1.165, 1.54) is 0 Å². The first-order valence-electron chi connectivity index (χ1n) is 7.37. The number of carbonyl (C=O) groups is 1. The summed E-state index contributed by atoms with van der Waals surface area (Å²) in [5.41, 5.74) is 5.96. The molecule has 0 saturated heterocycles. The minimum Gasteiger partial charge on any atom is -0.459 e. The molecule has 2 heterocycles. The number of aryl methyl sites for hydroxylation is 1. The predicted molar refractivity (Wildman–Crippen MR) is 97.6 cm³/mol. The number of halogens is 2. The maximum absolute atomic E-state index is 12.3. The van der Waals surface area contributed by atoms with E-state index in [4.69, 9.17) is 14.6 Å². The van der Waals surface area contributed by atoms with Crippen molar-refractivity contribution in [2.45, 2.75) is 39.7 Å². The van der Waals surface area contributed by atoms with Gasteiger partial charge in [-0.1, -0.05) is 13.8 Å². The molecular formula is C16H25Cl2N3O3. The van der Waals surface area contributed by atoms with E-state index < -0.39 is 5.54 Å². The van der Waals surface area contributed by atoms with Crippen LogP contribution in [0.2, 0.25) is 0 Å². The van der Waals surface area contributed by atoms with Crippen molar-refractivity contribution in [3.63, 3.8) is 0 Å². The Kier molecular flexibility index (Phi) is 8.54. The van der Waals surface area contributed by atoms with E-state index in [1.807, 2.05) is 20.8 Å². The summed E-state index contributed by atoms with van der Waals surface area (Å²) in [7, 11) is 0. The Morgan fingerprint density at radius 2 is 2.08 bits per heavy atom. The molecule has 1 atom stereocenters. The second-order valence-electron chi connectivity index (χ2n) is 6.00. The van der Waals surface area contributed by atoms with Crippen molar-refractivity contribution in [1.82, 2.24) is 10.3 Å². The van der Waals surface area contributed by atoms with Crippen LogP contribution in [0.15, 0.2) is 27.2 Å². The number of hydrogen-bond acceptors (Lipinski definition) is 5. The van der Waals surface area contributed by atoms with Crippen LogP contribution in [0.1, 0.15) is 32.2 Å². The number of rotatable bonds is 6. The van der Waals surface area contributed by atoms with Crippen LogP contribution in [0.25, 0.3) is 11.7 Å². The molecule has 1 amide bonds. The first kappa shape index (κ1) is 22.5. The second-order valence-corrected chi connectivity index (χ2v) is 6.00. The topological polar surface area (TPSA) is 94.3 Å². The summed E-state index contributed by atoms with van der Waals surface area (Å²) in [6.07, 6.45) is 1.70. The van der Waals surface area contributed by atoms with E-state index in [9.17, 15) is 4.79 Å². The molecule has 2 aromatic heterocycles. The molecule has 0 radical (unpaired) electrons. The standard InChI is InChI=1S/C16H23N3O3.2ClH/c1-10(2)16(4,9-17)19-14(20)8-12-11(3)22-15(18-12)13-6-5-7-21-13;;/h5-7,10H,8-9,17H2,1-4H3,(H,19,20);2*1H.